The molecule has 0 amide bonds. The Bertz CT molecular complexity index is 250. The Hall–Kier alpha value is 0.150. The summed E-state index contributed by atoms with van der Waals surface area (Å²) in [5.74, 6) is -0.644. The molecule has 2 fully saturated rings. The molecule has 5 unspecified atom stereocenters. The first-order valence-electron chi connectivity index (χ1n) is 5.02. The van der Waals surface area contributed by atoms with Gasteiger partial charge in [0.25, 0.3) is 0 Å². The monoisotopic (exact) mass is 235 g/mol. The highest BCUT2D eigenvalue weighted by molar-refractivity contribution is 7.81. The van der Waals surface area contributed by atoms with Gasteiger partial charge in [0, 0.05) is 6.54 Å². The van der Waals surface area contributed by atoms with Gasteiger partial charge in [-0.1, -0.05) is 0 Å². The number of aliphatic hydroxyl groups is 1. The van der Waals surface area contributed by atoms with Crippen LogP contribution in [0.25, 0.3) is 0 Å². The van der Waals surface area contributed by atoms with E-state index >= 15 is 0 Å². The lowest BCUT2D eigenvalue weighted by molar-refractivity contribution is -0.212. The molecule has 0 aromatic rings. The van der Waals surface area contributed by atoms with Gasteiger partial charge in [0.05, 0.1) is 11.4 Å². The largest absolute Gasteiger partial charge is 0.389 e. The highest BCUT2D eigenvalue weighted by Crippen LogP contribution is 2.40. The average molecular weight is 235 g/mol. The minimum Gasteiger partial charge on any atom is -0.389 e. The third-order valence-electron chi connectivity index (χ3n) is 2.67. The first kappa shape index (κ1) is 11.6. The van der Waals surface area contributed by atoms with Crippen LogP contribution in [0.1, 0.15) is 13.8 Å². The molecule has 0 spiro atoms. The van der Waals surface area contributed by atoms with E-state index in [0.717, 1.165) is 0 Å². The lowest BCUT2D eigenvalue weighted by Crippen LogP contribution is -2.41. The van der Waals surface area contributed by atoms with E-state index in [4.69, 9.17) is 19.9 Å². The fourth-order valence-corrected chi connectivity index (χ4v) is 2.44. The number of fused-ring (bicyclic) bond motifs is 1. The van der Waals surface area contributed by atoms with Crippen molar-refractivity contribution < 1.29 is 19.3 Å². The van der Waals surface area contributed by atoms with E-state index in [0.29, 0.717) is 0 Å². The van der Waals surface area contributed by atoms with Gasteiger partial charge in [0.1, 0.15) is 12.2 Å². The van der Waals surface area contributed by atoms with Crippen LogP contribution in [-0.2, 0) is 14.2 Å². The molecule has 0 bridgehead atoms. The third-order valence-corrected chi connectivity index (χ3v) is 3.26. The smallest absolute Gasteiger partial charge is 0.188 e. The first-order valence-corrected chi connectivity index (χ1v) is 5.53. The fraction of sp³-hybridized carbons (Fsp3) is 1.00. The van der Waals surface area contributed by atoms with Crippen LogP contribution in [0.15, 0.2) is 0 Å². The van der Waals surface area contributed by atoms with Crippen molar-refractivity contribution in [1.29, 1.82) is 0 Å². The van der Waals surface area contributed by atoms with Crippen molar-refractivity contribution in [3.8, 4) is 0 Å². The zero-order chi connectivity index (χ0) is 11.2. The summed E-state index contributed by atoms with van der Waals surface area (Å²) in [5.41, 5.74) is 5.37. The molecule has 2 saturated heterocycles. The minimum absolute atomic E-state index is 0.143. The number of aliphatic hydroxyl groups excluding tert-OH is 1. The van der Waals surface area contributed by atoms with Crippen LogP contribution in [0.4, 0.5) is 0 Å². The second-order valence-electron chi connectivity index (χ2n) is 4.36. The van der Waals surface area contributed by atoms with Crippen molar-refractivity contribution in [2.24, 2.45) is 5.73 Å². The molecule has 0 radical (unpaired) electrons. The lowest BCUT2D eigenvalue weighted by atomic mass is 10.1. The van der Waals surface area contributed by atoms with Crippen molar-refractivity contribution in [3.63, 3.8) is 0 Å². The Morgan fingerprint density at radius 3 is 2.67 bits per heavy atom. The molecule has 0 aliphatic carbocycles. The van der Waals surface area contributed by atoms with Gasteiger partial charge in [-0.05, 0) is 13.8 Å². The molecule has 2 aliphatic heterocycles. The topological polar surface area (TPSA) is 73.9 Å². The Morgan fingerprint density at radius 2 is 2.13 bits per heavy atom. The van der Waals surface area contributed by atoms with Crippen LogP contribution in [0.2, 0.25) is 0 Å². The Labute approximate surface area is 94.3 Å². The predicted molar refractivity (Wildman–Crippen MR) is 56.5 cm³/mol. The molecule has 2 aliphatic rings. The van der Waals surface area contributed by atoms with Crippen molar-refractivity contribution in [2.75, 3.05) is 6.54 Å². The molecular formula is C9H17NO4S. The second kappa shape index (κ2) is 3.87. The number of ether oxygens (including phenoxy) is 3. The maximum absolute atomic E-state index is 9.60. The minimum atomic E-state index is -0.728. The molecule has 6 heteroatoms. The zero-order valence-electron chi connectivity index (χ0n) is 8.79. The van der Waals surface area contributed by atoms with Gasteiger partial charge in [0.15, 0.2) is 12.1 Å². The number of hydrogen-bond acceptors (Lipinski definition) is 6. The fourth-order valence-electron chi connectivity index (χ4n) is 1.97. The Kier molecular flexibility index (Phi) is 3.00. The van der Waals surface area contributed by atoms with Crippen molar-refractivity contribution in [2.45, 2.75) is 49.5 Å². The van der Waals surface area contributed by atoms with E-state index < -0.39 is 24.3 Å². The van der Waals surface area contributed by atoms with Crippen LogP contribution >= 0.6 is 12.6 Å². The molecule has 15 heavy (non-hydrogen) atoms. The average Bonchev–Trinajstić information content (AvgIpc) is 2.60. The first-order chi connectivity index (χ1) is 6.94. The summed E-state index contributed by atoms with van der Waals surface area (Å²) in [5, 5.41) is 9.39. The van der Waals surface area contributed by atoms with Gasteiger partial charge in [-0.25, -0.2) is 0 Å². The van der Waals surface area contributed by atoms with Gasteiger partial charge in [-0.15, -0.1) is 0 Å². The summed E-state index contributed by atoms with van der Waals surface area (Å²) in [6, 6.07) is 0. The van der Waals surface area contributed by atoms with Gasteiger partial charge in [0.2, 0.25) is 0 Å². The molecule has 0 saturated carbocycles. The predicted octanol–water partition coefficient (Wildman–Crippen LogP) is -0.519. The summed E-state index contributed by atoms with van der Waals surface area (Å²) < 4.78 is 16.7. The number of rotatable bonds is 2. The van der Waals surface area contributed by atoms with Crippen molar-refractivity contribution in [3.05, 3.63) is 0 Å². The molecule has 2 rings (SSSR count). The van der Waals surface area contributed by atoms with Gasteiger partial charge >= 0.3 is 0 Å². The standard InChI is InChI=1S/C9H17NO4S/c1-9(2)13-6-7(15)5(4(11)3-10)12-8(6)14-9/h4-8,11,15H,3,10H2,1-2H3. The number of hydrogen-bond donors (Lipinski definition) is 3. The summed E-state index contributed by atoms with van der Waals surface area (Å²) in [6.45, 7) is 3.79. The Morgan fingerprint density at radius 1 is 1.47 bits per heavy atom. The molecule has 3 N–H and O–H groups in total. The zero-order valence-corrected chi connectivity index (χ0v) is 9.68. The highest BCUT2D eigenvalue weighted by Gasteiger charge is 2.54. The summed E-state index contributed by atoms with van der Waals surface area (Å²) in [4.78, 5) is 0. The normalized spacial score (nSPS) is 45.4. The molecule has 5 nitrogen and oxygen atoms in total. The van der Waals surface area contributed by atoms with E-state index in [9.17, 15) is 5.11 Å². The Balaban J connectivity index is 2.05. The number of nitrogens with two attached hydrogens (primary N) is 1. The van der Waals surface area contributed by atoms with Gasteiger partial charge in [-0.2, -0.15) is 12.6 Å². The van der Waals surface area contributed by atoms with Crippen LogP contribution in [-0.4, -0.2) is 47.3 Å². The highest BCUT2D eigenvalue weighted by atomic mass is 32.1. The SMILES string of the molecule is CC1(C)OC2OC(C(O)CN)C(S)C2O1. The maximum atomic E-state index is 9.60. The molecular weight excluding hydrogens is 218 g/mol. The van der Waals surface area contributed by atoms with E-state index in [2.05, 4.69) is 12.6 Å². The third kappa shape index (κ3) is 2.02. The van der Waals surface area contributed by atoms with Gasteiger partial charge < -0.3 is 25.1 Å². The van der Waals surface area contributed by atoms with E-state index in [-0.39, 0.29) is 17.9 Å². The van der Waals surface area contributed by atoms with E-state index in [1.807, 2.05) is 13.8 Å². The molecule has 88 valence electrons. The van der Waals surface area contributed by atoms with Crippen LogP contribution in [0.5, 0.6) is 0 Å². The number of thiol groups is 1. The summed E-state index contributed by atoms with van der Waals surface area (Å²) in [6.07, 6.45) is -1.85. The molecule has 2 heterocycles. The van der Waals surface area contributed by atoms with E-state index in [1.54, 1.807) is 0 Å². The molecule has 5 atom stereocenters. The maximum Gasteiger partial charge on any atom is 0.188 e. The van der Waals surface area contributed by atoms with E-state index in [1.165, 1.54) is 0 Å². The van der Waals surface area contributed by atoms with Gasteiger partial charge in [-0.3, -0.25) is 0 Å². The quantitative estimate of drug-likeness (QED) is 0.562. The summed E-state index contributed by atoms with van der Waals surface area (Å²) in [7, 11) is 0. The van der Waals surface area contributed by atoms with Crippen LogP contribution in [0.3, 0.4) is 0 Å². The second-order valence-corrected chi connectivity index (χ2v) is 4.96. The van der Waals surface area contributed by atoms with Crippen LogP contribution < -0.4 is 5.73 Å². The van der Waals surface area contributed by atoms with Crippen molar-refractivity contribution in [1.82, 2.24) is 0 Å². The molecule has 0 aromatic carbocycles. The lowest BCUT2D eigenvalue weighted by Gasteiger charge is -2.25. The molecule has 0 aromatic heterocycles. The van der Waals surface area contributed by atoms with Crippen LogP contribution in [0, 0.1) is 0 Å². The van der Waals surface area contributed by atoms with Crippen molar-refractivity contribution >= 4 is 12.6 Å². The summed E-state index contributed by atoms with van der Waals surface area (Å²) >= 11 is 4.39.